The standard InChI is InChI=1S/C15H29NO2/c1-14(2)5-7-15(17,8-6-14)12-16-11-13-3-9-18-10-4-13/h13,16-17H,3-12H2,1-2H3. The molecule has 0 unspecified atom stereocenters. The molecule has 3 nitrogen and oxygen atoms in total. The molecule has 0 aromatic heterocycles. The Hall–Kier alpha value is -0.120. The summed E-state index contributed by atoms with van der Waals surface area (Å²) in [6, 6.07) is 0. The maximum atomic E-state index is 10.5. The van der Waals surface area contributed by atoms with Crippen LogP contribution in [0.25, 0.3) is 0 Å². The lowest BCUT2D eigenvalue weighted by Gasteiger charge is -2.40. The van der Waals surface area contributed by atoms with E-state index in [0.717, 1.165) is 57.9 Å². The highest BCUT2D eigenvalue weighted by Gasteiger charge is 2.36. The topological polar surface area (TPSA) is 41.5 Å². The van der Waals surface area contributed by atoms with Gasteiger partial charge in [-0.1, -0.05) is 13.8 Å². The summed E-state index contributed by atoms with van der Waals surface area (Å²) in [6.07, 6.45) is 6.50. The lowest BCUT2D eigenvalue weighted by Crippen LogP contribution is -2.46. The maximum absolute atomic E-state index is 10.5. The van der Waals surface area contributed by atoms with E-state index in [1.165, 1.54) is 12.8 Å². The van der Waals surface area contributed by atoms with E-state index in [9.17, 15) is 5.11 Å². The monoisotopic (exact) mass is 255 g/mol. The number of rotatable bonds is 4. The summed E-state index contributed by atoms with van der Waals surface area (Å²) in [7, 11) is 0. The van der Waals surface area contributed by atoms with Gasteiger partial charge in [0, 0.05) is 19.8 Å². The van der Waals surface area contributed by atoms with Crippen molar-refractivity contribution in [2.45, 2.75) is 58.0 Å². The van der Waals surface area contributed by atoms with Crippen molar-refractivity contribution < 1.29 is 9.84 Å². The highest BCUT2D eigenvalue weighted by atomic mass is 16.5. The summed E-state index contributed by atoms with van der Waals surface area (Å²) in [5, 5.41) is 14.0. The second-order valence-corrected chi connectivity index (χ2v) is 7.08. The minimum atomic E-state index is -0.458. The van der Waals surface area contributed by atoms with Crippen LogP contribution in [0, 0.1) is 11.3 Å². The molecule has 0 atom stereocenters. The predicted molar refractivity (Wildman–Crippen MR) is 73.6 cm³/mol. The van der Waals surface area contributed by atoms with Gasteiger partial charge >= 0.3 is 0 Å². The first-order valence-electron chi connectivity index (χ1n) is 7.50. The summed E-state index contributed by atoms with van der Waals surface area (Å²) in [6.45, 7) is 8.23. The van der Waals surface area contributed by atoms with E-state index in [0.29, 0.717) is 5.41 Å². The minimum absolute atomic E-state index is 0.424. The van der Waals surface area contributed by atoms with Gasteiger partial charge in [0.05, 0.1) is 5.60 Å². The Morgan fingerprint density at radius 2 is 1.72 bits per heavy atom. The second-order valence-electron chi connectivity index (χ2n) is 7.08. The Morgan fingerprint density at radius 1 is 1.11 bits per heavy atom. The van der Waals surface area contributed by atoms with Gasteiger partial charge in [-0.05, 0) is 56.4 Å². The van der Waals surface area contributed by atoms with Gasteiger partial charge in [0.25, 0.3) is 0 Å². The van der Waals surface area contributed by atoms with Gasteiger partial charge in [-0.25, -0.2) is 0 Å². The lowest BCUT2D eigenvalue weighted by atomic mass is 9.71. The number of hydrogen-bond acceptors (Lipinski definition) is 3. The van der Waals surface area contributed by atoms with Gasteiger partial charge in [0.15, 0.2) is 0 Å². The van der Waals surface area contributed by atoms with Crippen LogP contribution in [0.2, 0.25) is 0 Å². The average molecular weight is 255 g/mol. The first-order chi connectivity index (χ1) is 8.49. The fourth-order valence-corrected chi connectivity index (χ4v) is 3.03. The van der Waals surface area contributed by atoms with Crippen molar-refractivity contribution in [1.82, 2.24) is 5.32 Å². The molecule has 1 saturated carbocycles. The van der Waals surface area contributed by atoms with Gasteiger partial charge < -0.3 is 15.2 Å². The molecule has 2 rings (SSSR count). The summed E-state index contributed by atoms with van der Waals surface area (Å²) < 4.78 is 5.36. The van der Waals surface area contributed by atoms with Crippen LogP contribution in [0.5, 0.6) is 0 Å². The van der Waals surface area contributed by atoms with Crippen LogP contribution >= 0.6 is 0 Å². The Kier molecular flexibility index (Phi) is 4.68. The molecule has 0 aromatic carbocycles. The third kappa shape index (κ3) is 4.22. The van der Waals surface area contributed by atoms with Crippen LogP contribution in [0.15, 0.2) is 0 Å². The van der Waals surface area contributed by atoms with E-state index in [-0.39, 0.29) is 0 Å². The number of aliphatic hydroxyl groups is 1. The molecule has 2 aliphatic rings. The number of ether oxygens (including phenoxy) is 1. The van der Waals surface area contributed by atoms with Crippen LogP contribution < -0.4 is 5.32 Å². The van der Waals surface area contributed by atoms with Crippen molar-refractivity contribution in [3.8, 4) is 0 Å². The van der Waals surface area contributed by atoms with E-state index >= 15 is 0 Å². The Labute approximate surface area is 111 Å². The van der Waals surface area contributed by atoms with E-state index < -0.39 is 5.60 Å². The molecule has 0 radical (unpaired) electrons. The maximum Gasteiger partial charge on any atom is 0.0772 e. The second kappa shape index (κ2) is 5.89. The predicted octanol–water partition coefficient (Wildman–Crippen LogP) is 2.33. The van der Waals surface area contributed by atoms with E-state index in [2.05, 4.69) is 19.2 Å². The van der Waals surface area contributed by atoms with Crippen molar-refractivity contribution in [3.63, 3.8) is 0 Å². The van der Waals surface area contributed by atoms with Gasteiger partial charge in [-0.2, -0.15) is 0 Å². The first-order valence-corrected chi connectivity index (χ1v) is 7.50. The van der Waals surface area contributed by atoms with Gasteiger partial charge in [-0.15, -0.1) is 0 Å². The molecule has 106 valence electrons. The fourth-order valence-electron chi connectivity index (χ4n) is 3.03. The molecule has 0 amide bonds. The van der Waals surface area contributed by atoms with Crippen molar-refractivity contribution in [1.29, 1.82) is 0 Å². The molecule has 0 spiro atoms. The van der Waals surface area contributed by atoms with Crippen LogP contribution in [0.1, 0.15) is 52.4 Å². The van der Waals surface area contributed by atoms with Crippen LogP contribution in [-0.2, 0) is 4.74 Å². The first kappa shape index (κ1) is 14.3. The van der Waals surface area contributed by atoms with Crippen LogP contribution in [-0.4, -0.2) is 37.0 Å². The fraction of sp³-hybridized carbons (Fsp3) is 1.00. The Balaban J connectivity index is 1.66. The SMILES string of the molecule is CC1(C)CCC(O)(CNCC2CCOCC2)CC1. The normalized spacial score (nSPS) is 28.2. The largest absolute Gasteiger partial charge is 0.389 e. The third-order valence-electron chi connectivity index (χ3n) is 4.76. The van der Waals surface area contributed by atoms with E-state index in [1.54, 1.807) is 0 Å². The number of hydrogen-bond donors (Lipinski definition) is 2. The molecule has 0 aromatic rings. The summed E-state index contributed by atoms with van der Waals surface area (Å²) in [5.41, 5.74) is -0.0341. The molecule has 2 N–H and O–H groups in total. The van der Waals surface area contributed by atoms with Gasteiger partial charge in [0.1, 0.15) is 0 Å². The zero-order valence-electron chi connectivity index (χ0n) is 12.0. The van der Waals surface area contributed by atoms with Crippen molar-refractivity contribution in [3.05, 3.63) is 0 Å². The average Bonchev–Trinajstić information content (AvgIpc) is 2.35. The van der Waals surface area contributed by atoms with Crippen molar-refractivity contribution in [2.75, 3.05) is 26.3 Å². The smallest absolute Gasteiger partial charge is 0.0772 e. The zero-order chi connectivity index (χ0) is 13.1. The van der Waals surface area contributed by atoms with E-state index in [1.807, 2.05) is 0 Å². The van der Waals surface area contributed by atoms with Crippen LogP contribution in [0.4, 0.5) is 0 Å². The van der Waals surface area contributed by atoms with Gasteiger partial charge in [-0.3, -0.25) is 0 Å². The molecule has 0 bridgehead atoms. The van der Waals surface area contributed by atoms with Crippen molar-refractivity contribution >= 4 is 0 Å². The molecule has 1 heterocycles. The summed E-state index contributed by atoms with van der Waals surface area (Å²) in [5.74, 6) is 0.738. The molecule has 1 aliphatic heterocycles. The van der Waals surface area contributed by atoms with Crippen molar-refractivity contribution in [2.24, 2.45) is 11.3 Å². The summed E-state index contributed by atoms with van der Waals surface area (Å²) in [4.78, 5) is 0. The summed E-state index contributed by atoms with van der Waals surface area (Å²) >= 11 is 0. The molecular weight excluding hydrogens is 226 g/mol. The lowest BCUT2D eigenvalue weighted by molar-refractivity contribution is -0.0257. The molecular formula is C15H29NO2. The molecule has 3 heteroatoms. The number of nitrogens with one attached hydrogen (secondary N) is 1. The minimum Gasteiger partial charge on any atom is -0.389 e. The molecule has 1 saturated heterocycles. The van der Waals surface area contributed by atoms with Gasteiger partial charge in [0.2, 0.25) is 0 Å². The molecule has 18 heavy (non-hydrogen) atoms. The Bertz CT molecular complexity index is 249. The quantitative estimate of drug-likeness (QED) is 0.810. The highest BCUT2D eigenvalue weighted by molar-refractivity contribution is 4.90. The zero-order valence-corrected chi connectivity index (χ0v) is 12.0. The Morgan fingerprint density at radius 3 is 2.33 bits per heavy atom. The van der Waals surface area contributed by atoms with Crippen LogP contribution in [0.3, 0.4) is 0 Å². The van der Waals surface area contributed by atoms with E-state index in [4.69, 9.17) is 4.74 Å². The third-order valence-corrected chi connectivity index (χ3v) is 4.76. The molecule has 2 fully saturated rings. The molecule has 1 aliphatic carbocycles. The highest BCUT2D eigenvalue weighted by Crippen LogP contribution is 2.39.